The van der Waals surface area contributed by atoms with Crippen LogP contribution in [0.2, 0.25) is 0 Å². The van der Waals surface area contributed by atoms with Crippen LogP contribution < -0.4 is 0 Å². The molecular weight excluding hydrogens is 306 g/mol. The topological polar surface area (TPSA) is 339 Å². The van der Waals surface area contributed by atoms with E-state index in [1.54, 1.807) is 0 Å². The summed E-state index contributed by atoms with van der Waals surface area (Å²) in [6.45, 7) is 0. The van der Waals surface area contributed by atoms with Crippen LogP contribution in [0.1, 0.15) is 0 Å². The fourth-order valence-electron chi connectivity index (χ4n) is 0.728. The summed E-state index contributed by atoms with van der Waals surface area (Å²) in [6.07, 6.45) is 0. The molecule has 0 saturated carbocycles. The molecule has 2 heterocycles. The van der Waals surface area contributed by atoms with Crippen molar-refractivity contribution in [2.45, 2.75) is 0 Å². The van der Waals surface area contributed by atoms with E-state index in [-0.39, 0.29) is 73.4 Å². The Bertz CT molecular complexity index is 125. The van der Waals surface area contributed by atoms with Gasteiger partial charge in [-0.05, 0) is 0 Å². The van der Waals surface area contributed by atoms with Gasteiger partial charge >= 0.3 is 58.8 Å². The van der Waals surface area contributed by atoms with E-state index in [0.29, 0.717) is 0 Å². The van der Waals surface area contributed by atoms with Crippen molar-refractivity contribution in [1.82, 2.24) is 0 Å². The monoisotopic (exact) mass is 326 g/mol. The van der Waals surface area contributed by atoms with E-state index in [9.17, 15) is 0 Å². The minimum atomic E-state index is -1.45. The number of fused-ring (bicyclic) bond motifs is 2. The predicted octanol–water partition coefficient (Wildman–Crippen LogP) is -10.2. The van der Waals surface area contributed by atoms with Gasteiger partial charge in [0, 0.05) is 0 Å². The van der Waals surface area contributed by atoms with Crippen molar-refractivity contribution in [2.75, 3.05) is 0 Å². The Morgan fingerprint density at radius 2 is 0.650 bits per heavy atom. The molecule has 2 bridgehead atoms. The first-order valence-corrected chi connectivity index (χ1v) is 2.87. The van der Waals surface area contributed by atoms with Gasteiger partial charge in [-0.2, -0.15) is 0 Å². The molecule has 0 spiro atoms. The molecule has 0 unspecified atom stereocenters. The van der Waals surface area contributed by atoms with Crippen LogP contribution in [0.5, 0.6) is 0 Å². The van der Waals surface area contributed by atoms with Crippen molar-refractivity contribution >= 4 is 58.8 Å². The molecule has 15 nitrogen and oxygen atoms in total. The van der Waals surface area contributed by atoms with Gasteiger partial charge in [-0.1, -0.05) is 0 Å². The second-order valence-electron chi connectivity index (χ2n) is 1.87. The van der Waals surface area contributed by atoms with Crippen molar-refractivity contribution in [3.8, 4) is 0 Å². The van der Waals surface area contributed by atoms with E-state index in [4.69, 9.17) is 10.0 Å². The van der Waals surface area contributed by atoms with Gasteiger partial charge < -0.3 is 76.7 Å². The molecule has 20 heteroatoms. The van der Waals surface area contributed by atoms with Crippen LogP contribution >= 0.6 is 0 Å². The van der Waals surface area contributed by atoms with E-state index >= 15 is 0 Å². The van der Waals surface area contributed by atoms with Crippen LogP contribution in [-0.2, 0) is 22.9 Å². The zero-order valence-electron chi connectivity index (χ0n) is 9.25. The molecule has 20 heavy (non-hydrogen) atoms. The summed E-state index contributed by atoms with van der Waals surface area (Å²) in [5, 5.41) is 17.5. The molecule has 122 valence electrons. The second kappa shape index (κ2) is 21.9. The third kappa shape index (κ3) is 13.6. The molecule has 0 aliphatic carbocycles. The molecule has 0 aromatic heterocycles. The molecule has 0 aromatic rings. The molecule has 2 aliphatic rings. The first-order chi connectivity index (χ1) is 5.24. The van der Waals surface area contributed by atoms with Crippen molar-refractivity contribution in [1.29, 1.82) is 0 Å². The maximum atomic E-state index is 8.74. The Morgan fingerprint density at radius 3 is 0.850 bits per heavy atom. The third-order valence-corrected chi connectivity index (χ3v) is 1.13. The number of rotatable bonds is 0. The Hall–Kier alpha value is 0.660. The van der Waals surface area contributed by atoms with Crippen molar-refractivity contribution in [2.24, 2.45) is 0 Å². The molecule has 18 N–H and O–H groups in total. The maximum absolute atomic E-state index is 8.74. The molecule has 0 radical (unpaired) electrons. The Balaban J connectivity index is -0.0000000267. The van der Waals surface area contributed by atoms with Gasteiger partial charge in [0.05, 0.1) is 0 Å². The molecule has 0 amide bonds. The summed E-state index contributed by atoms with van der Waals surface area (Å²) in [5.74, 6) is 0. The average Bonchev–Trinajstić information content (AvgIpc) is 1.82. The number of hydrogen-bond donors (Lipinski definition) is 2. The first-order valence-electron chi connectivity index (χ1n) is 2.87. The Kier molecular flexibility index (Phi) is 54.7. The van der Waals surface area contributed by atoms with E-state index < -0.39 is 29.3 Å². The predicted molar refractivity (Wildman–Crippen MR) is 68.9 cm³/mol. The molecule has 2 fully saturated rings. The minimum absolute atomic E-state index is 0. The molecule has 0 aromatic carbocycles. The normalized spacial score (nSPS) is 13.5. The molecule has 2 aliphatic heterocycles. The van der Waals surface area contributed by atoms with Gasteiger partial charge in [0.1, 0.15) is 0 Å². The van der Waals surface area contributed by atoms with Gasteiger partial charge in [-0.25, -0.2) is 0 Å². The summed E-state index contributed by atoms with van der Waals surface area (Å²) in [5.41, 5.74) is 0. The standard InChI is InChI=1S/B4H2O7.Na.8H2O.H/c5-1-7-3-9-2(6)10-4(8-1)11-3;;;;;;;;;;/h5-6H;;8*1H2;. The van der Waals surface area contributed by atoms with E-state index in [0.717, 1.165) is 0 Å². The van der Waals surface area contributed by atoms with Crippen LogP contribution in [0.15, 0.2) is 0 Å². The van der Waals surface area contributed by atoms with Crippen molar-refractivity contribution in [3.63, 3.8) is 0 Å². The van der Waals surface area contributed by atoms with Gasteiger partial charge in [-0.15, -0.1) is 0 Å². The van der Waals surface area contributed by atoms with Crippen LogP contribution in [0.25, 0.3) is 0 Å². The Morgan fingerprint density at radius 1 is 0.450 bits per heavy atom. The third-order valence-electron chi connectivity index (χ3n) is 1.13. The molecular formula is H19B4NaO15. The first kappa shape index (κ1) is 49.8. The van der Waals surface area contributed by atoms with Crippen LogP contribution in [0, 0.1) is 0 Å². The van der Waals surface area contributed by atoms with Gasteiger partial charge in [-0.3, -0.25) is 0 Å². The summed E-state index contributed by atoms with van der Waals surface area (Å²) in [7, 11) is -5.20. The van der Waals surface area contributed by atoms with E-state index in [1.165, 1.54) is 0 Å². The zero-order valence-corrected chi connectivity index (χ0v) is 9.25. The molecule has 2 rings (SSSR count). The van der Waals surface area contributed by atoms with Crippen LogP contribution in [-0.4, -0.2) is 113 Å². The fraction of sp³-hybridized carbons (Fsp3) is 0. The van der Waals surface area contributed by atoms with Gasteiger partial charge in [0.25, 0.3) is 0 Å². The van der Waals surface area contributed by atoms with Crippen LogP contribution in [0.4, 0.5) is 0 Å². The quantitative estimate of drug-likeness (QED) is 0.404. The fourth-order valence-corrected chi connectivity index (χ4v) is 0.728. The van der Waals surface area contributed by atoms with E-state index in [1.807, 2.05) is 0 Å². The summed E-state index contributed by atoms with van der Waals surface area (Å²) < 4.78 is 22.6. The van der Waals surface area contributed by atoms with Gasteiger partial charge in [0.15, 0.2) is 0 Å². The van der Waals surface area contributed by atoms with Crippen LogP contribution in [0.3, 0.4) is 0 Å². The Labute approximate surface area is 135 Å². The average molecular weight is 325 g/mol. The van der Waals surface area contributed by atoms with Crippen molar-refractivity contribution < 1.29 is 76.7 Å². The second-order valence-corrected chi connectivity index (χ2v) is 1.87. The SMILES string of the molecule is O.O.O.O.O.O.O.O.OB1OB2OB(O)OB(O1)O2.[NaH]. The van der Waals surface area contributed by atoms with Gasteiger partial charge in [0.2, 0.25) is 0 Å². The van der Waals surface area contributed by atoms with E-state index in [2.05, 4.69) is 22.9 Å². The number of hydrogen-bond acceptors (Lipinski definition) is 7. The summed E-state index contributed by atoms with van der Waals surface area (Å²) >= 11 is 0. The zero-order chi connectivity index (χ0) is 7.84. The molecule has 0 atom stereocenters. The molecule has 2 saturated heterocycles. The summed E-state index contributed by atoms with van der Waals surface area (Å²) in [4.78, 5) is 0. The summed E-state index contributed by atoms with van der Waals surface area (Å²) in [6, 6.07) is 0. The van der Waals surface area contributed by atoms with Crippen molar-refractivity contribution in [3.05, 3.63) is 0 Å².